The minimum absolute atomic E-state index is 0.160. The van der Waals surface area contributed by atoms with E-state index in [1.165, 1.54) is 0 Å². The predicted octanol–water partition coefficient (Wildman–Crippen LogP) is 2.43. The van der Waals surface area contributed by atoms with Crippen LogP contribution in [0.15, 0.2) is 54.6 Å². The SMILES string of the molecule is N#Cc1cccc(NC(=O)NC2COC3C(OCc4ccccc4)COC23)c1. The lowest BCUT2D eigenvalue weighted by molar-refractivity contribution is -0.0392. The molecule has 0 spiro atoms. The van der Waals surface area contributed by atoms with Crippen molar-refractivity contribution in [2.24, 2.45) is 0 Å². The Morgan fingerprint density at radius 3 is 2.75 bits per heavy atom. The number of rotatable bonds is 5. The van der Waals surface area contributed by atoms with Gasteiger partial charge < -0.3 is 24.8 Å². The maximum atomic E-state index is 12.3. The summed E-state index contributed by atoms with van der Waals surface area (Å²) in [7, 11) is 0. The third-order valence-corrected chi connectivity index (χ3v) is 4.88. The normalized spacial score (nSPS) is 25.7. The molecule has 4 atom stereocenters. The van der Waals surface area contributed by atoms with Gasteiger partial charge in [0.05, 0.1) is 37.5 Å². The summed E-state index contributed by atoms with van der Waals surface area (Å²) in [4.78, 5) is 12.3. The van der Waals surface area contributed by atoms with E-state index in [4.69, 9.17) is 19.5 Å². The number of carbonyl (C=O) groups excluding carboxylic acids is 1. The van der Waals surface area contributed by atoms with Gasteiger partial charge in [-0.2, -0.15) is 5.26 Å². The van der Waals surface area contributed by atoms with Crippen LogP contribution in [0.2, 0.25) is 0 Å². The molecule has 2 saturated heterocycles. The molecule has 2 aromatic rings. The molecule has 7 nitrogen and oxygen atoms in total. The lowest BCUT2D eigenvalue weighted by Gasteiger charge is -2.18. The van der Waals surface area contributed by atoms with E-state index < -0.39 is 0 Å². The van der Waals surface area contributed by atoms with E-state index in [0.717, 1.165) is 5.56 Å². The molecule has 0 bridgehead atoms. The molecule has 2 fully saturated rings. The number of anilines is 1. The Morgan fingerprint density at radius 2 is 1.93 bits per heavy atom. The second-order valence-electron chi connectivity index (χ2n) is 6.83. The van der Waals surface area contributed by atoms with E-state index in [9.17, 15) is 4.79 Å². The standard InChI is InChI=1S/C21H21N3O4/c22-10-15-7-4-8-16(9-15)23-21(25)24-17-12-27-20-18(13-28-19(17)20)26-11-14-5-2-1-3-6-14/h1-9,17-20H,11-13H2,(H2,23,24,25). The number of hydrogen-bond donors (Lipinski definition) is 2. The summed E-state index contributed by atoms with van der Waals surface area (Å²) in [5.74, 6) is 0. The molecule has 28 heavy (non-hydrogen) atoms. The van der Waals surface area contributed by atoms with Gasteiger partial charge in [0.1, 0.15) is 18.3 Å². The van der Waals surface area contributed by atoms with Gasteiger partial charge in [-0.3, -0.25) is 0 Å². The number of benzene rings is 2. The summed E-state index contributed by atoms with van der Waals surface area (Å²) in [5, 5.41) is 14.6. The van der Waals surface area contributed by atoms with Crippen LogP contribution in [-0.2, 0) is 20.8 Å². The molecule has 0 aromatic heterocycles. The first-order valence-corrected chi connectivity index (χ1v) is 9.19. The third-order valence-electron chi connectivity index (χ3n) is 4.88. The Labute approximate surface area is 163 Å². The van der Waals surface area contributed by atoms with Crippen molar-refractivity contribution >= 4 is 11.7 Å². The van der Waals surface area contributed by atoms with Crippen molar-refractivity contribution in [1.29, 1.82) is 5.26 Å². The van der Waals surface area contributed by atoms with Crippen LogP contribution in [-0.4, -0.2) is 43.6 Å². The van der Waals surface area contributed by atoms with Gasteiger partial charge in [0, 0.05) is 5.69 Å². The molecule has 7 heteroatoms. The minimum Gasteiger partial charge on any atom is -0.370 e. The van der Waals surface area contributed by atoms with E-state index in [1.54, 1.807) is 24.3 Å². The average Bonchev–Trinajstić information content (AvgIpc) is 3.30. The van der Waals surface area contributed by atoms with E-state index in [2.05, 4.69) is 10.6 Å². The van der Waals surface area contributed by atoms with Gasteiger partial charge in [-0.25, -0.2) is 4.79 Å². The lowest BCUT2D eigenvalue weighted by Crippen LogP contribution is -2.46. The molecule has 4 rings (SSSR count). The number of amides is 2. The molecular formula is C21H21N3O4. The zero-order valence-electron chi connectivity index (χ0n) is 15.2. The Bertz CT molecular complexity index is 867. The number of ether oxygens (including phenoxy) is 3. The lowest BCUT2D eigenvalue weighted by atomic mass is 10.1. The van der Waals surface area contributed by atoms with E-state index in [1.807, 2.05) is 36.4 Å². The smallest absolute Gasteiger partial charge is 0.319 e. The number of fused-ring (bicyclic) bond motifs is 1. The van der Waals surface area contributed by atoms with Crippen molar-refractivity contribution in [3.63, 3.8) is 0 Å². The highest BCUT2D eigenvalue weighted by molar-refractivity contribution is 5.89. The fourth-order valence-corrected chi connectivity index (χ4v) is 3.51. The van der Waals surface area contributed by atoms with Crippen molar-refractivity contribution in [3.8, 4) is 6.07 Å². The molecule has 2 amide bonds. The second-order valence-corrected chi connectivity index (χ2v) is 6.83. The Hall–Kier alpha value is -2.92. The second kappa shape index (κ2) is 8.40. The van der Waals surface area contributed by atoms with Gasteiger partial charge in [0.25, 0.3) is 0 Å². The topological polar surface area (TPSA) is 92.6 Å². The highest BCUT2D eigenvalue weighted by atomic mass is 16.6. The number of nitrogens with zero attached hydrogens (tertiary/aromatic N) is 1. The Morgan fingerprint density at radius 1 is 1.11 bits per heavy atom. The van der Waals surface area contributed by atoms with E-state index in [-0.39, 0.29) is 30.4 Å². The van der Waals surface area contributed by atoms with Crippen LogP contribution in [0.25, 0.3) is 0 Å². The molecular weight excluding hydrogens is 358 g/mol. The molecule has 144 valence electrons. The summed E-state index contributed by atoms with van der Waals surface area (Å²) in [6.07, 6.45) is -0.597. The van der Waals surface area contributed by atoms with Crippen molar-refractivity contribution < 1.29 is 19.0 Å². The summed E-state index contributed by atoms with van der Waals surface area (Å²) in [6, 6.07) is 18.1. The fraction of sp³-hybridized carbons (Fsp3) is 0.333. The molecule has 4 unspecified atom stereocenters. The number of hydrogen-bond acceptors (Lipinski definition) is 5. The van der Waals surface area contributed by atoms with Crippen molar-refractivity contribution in [2.45, 2.75) is 31.0 Å². The molecule has 2 aromatic carbocycles. The van der Waals surface area contributed by atoms with Gasteiger partial charge in [0.2, 0.25) is 0 Å². The Balaban J connectivity index is 1.29. The summed E-state index contributed by atoms with van der Waals surface area (Å²) in [6.45, 7) is 1.30. The number of urea groups is 1. The van der Waals surface area contributed by atoms with Gasteiger partial charge in [-0.15, -0.1) is 0 Å². The molecule has 2 aliphatic heterocycles. The summed E-state index contributed by atoms with van der Waals surface area (Å²) in [5.41, 5.74) is 2.14. The summed E-state index contributed by atoms with van der Waals surface area (Å²) < 4.78 is 17.7. The number of carbonyl (C=O) groups is 1. The molecule has 0 saturated carbocycles. The first-order chi connectivity index (χ1) is 13.7. The third kappa shape index (κ3) is 4.15. The van der Waals surface area contributed by atoms with E-state index in [0.29, 0.717) is 31.1 Å². The van der Waals surface area contributed by atoms with Crippen LogP contribution in [0.1, 0.15) is 11.1 Å². The monoisotopic (exact) mass is 379 g/mol. The van der Waals surface area contributed by atoms with Gasteiger partial charge in [0.15, 0.2) is 0 Å². The summed E-state index contributed by atoms with van der Waals surface area (Å²) >= 11 is 0. The zero-order chi connectivity index (χ0) is 19.3. The first-order valence-electron chi connectivity index (χ1n) is 9.19. The largest absolute Gasteiger partial charge is 0.370 e. The van der Waals surface area contributed by atoms with Crippen molar-refractivity contribution in [3.05, 3.63) is 65.7 Å². The quantitative estimate of drug-likeness (QED) is 0.832. The average molecular weight is 379 g/mol. The highest BCUT2D eigenvalue weighted by Gasteiger charge is 2.48. The highest BCUT2D eigenvalue weighted by Crippen LogP contribution is 2.29. The van der Waals surface area contributed by atoms with Crippen LogP contribution >= 0.6 is 0 Å². The predicted molar refractivity (Wildman–Crippen MR) is 102 cm³/mol. The minimum atomic E-state index is -0.360. The molecule has 0 radical (unpaired) electrons. The van der Waals surface area contributed by atoms with Crippen LogP contribution in [0.3, 0.4) is 0 Å². The van der Waals surface area contributed by atoms with Crippen LogP contribution in [0, 0.1) is 11.3 Å². The number of nitriles is 1. The van der Waals surface area contributed by atoms with Crippen molar-refractivity contribution in [1.82, 2.24) is 5.32 Å². The molecule has 0 aliphatic carbocycles. The van der Waals surface area contributed by atoms with Crippen LogP contribution in [0.4, 0.5) is 10.5 Å². The zero-order valence-corrected chi connectivity index (χ0v) is 15.2. The maximum absolute atomic E-state index is 12.3. The molecule has 2 heterocycles. The van der Waals surface area contributed by atoms with Gasteiger partial charge in [-0.1, -0.05) is 36.4 Å². The van der Waals surface area contributed by atoms with Gasteiger partial charge in [-0.05, 0) is 23.8 Å². The molecule has 2 aliphatic rings. The van der Waals surface area contributed by atoms with Crippen molar-refractivity contribution in [2.75, 3.05) is 18.5 Å². The fourth-order valence-electron chi connectivity index (χ4n) is 3.51. The van der Waals surface area contributed by atoms with Crippen LogP contribution < -0.4 is 10.6 Å². The Kier molecular flexibility index (Phi) is 5.53. The van der Waals surface area contributed by atoms with E-state index >= 15 is 0 Å². The van der Waals surface area contributed by atoms with Gasteiger partial charge >= 0.3 is 6.03 Å². The maximum Gasteiger partial charge on any atom is 0.319 e. The van der Waals surface area contributed by atoms with Crippen LogP contribution in [0.5, 0.6) is 0 Å². The first kappa shape index (κ1) is 18.4. The molecule has 2 N–H and O–H groups in total. The number of nitrogens with one attached hydrogen (secondary N) is 2.